The highest BCUT2D eigenvalue weighted by atomic mass is 15.4. The van der Waals surface area contributed by atoms with Gasteiger partial charge in [-0.25, -0.2) is 9.97 Å². The van der Waals surface area contributed by atoms with Gasteiger partial charge in [0.1, 0.15) is 5.82 Å². The zero-order chi connectivity index (χ0) is 17.4. The summed E-state index contributed by atoms with van der Waals surface area (Å²) in [6.45, 7) is 7.14. The number of nitrogens with zero attached hydrogens (tertiary/aromatic N) is 6. The van der Waals surface area contributed by atoms with Crippen LogP contribution < -0.4 is 0 Å². The van der Waals surface area contributed by atoms with E-state index in [1.807, 2.05) is 15.4 Å². The van der Waals surface area contributed by atoms with Crippen molar-refractivity contribution in [3.63, 3.8) is 0 Å². The first-order valence-electron chi connectivity index (χ1n) is 8.89. The second-order valence-corrected chi connectivity index (χ2v) is 6.39. The Labute approximate surface area is 146 Å². The molecule has 3 heterocycles. The van der Waals surface area contributed by atoms with Crippen LogP contribution in [0.25, 0.3) is 28.1 Å². The Balaban J connectivity index is 1.94. The summed E-state index contributed by atoms with van der Waals surface area (Å²) in [5.41, 5.74) is 3.84. The summed E-state index contributed by atoms with van der Waals surface area (Å²) in [7, 11) is 0. The van der Waals surface area contributed by atoms with Gasteiger partial charge in [-0.05, 0) is 20.3 Å². The van der Waals surface area contributed by atoms with Crippen molar-refractivity contribution in [1.82, 2.24) is 29.4 Å². The molecule has 0 aliphatic rings. The highest BCUT2D eigenvalue weighted by Crippen LogP contribution is 2.23. The molecule has 0 aliphatic heterocycles. The molecule has 0 saturated carbocycles. The van der Waals surface area contributed by atoms with Crippen molar-refractivity contribution in [3.8, 4) is 11.4 Å². The molecule has 0 saturated heterocycles. The monoisotopic (exact) mass is 334 g/mol. The molecule has 1 aromatic carbocycles. The molecule has 0 N–H and O–H groups in total. The molecule has 4 aromatic rings. The van der Waals surface area contributed by atoms with E-state index >= 15 is 0 Å². The average molecular weight is 334 g/mol. The number of aryl methyl sites for hydroxylation is 3. The molecule has 6 heteroatoms. The molecule has 0 spiro atoms. The predicted octanol–water partition coefficient (Wildman–Crippen LogP) is 3.81. The minimum absolute atomic E-state index is 0.733. The maximum absolute atomic E-state index is 4.82. The fourth-order valence-corrected chi connectivity index (χ4v) is 2.97. The van der Waals surface area contributed by atoms with Crippen molar-refractivity contribution in [1.29, 1.82) is 0 Å². The lowest BCUT2D eigenvalue weighted by atomic mass is 10.1. The Morgan fingerprint density at radius 2 is 1.80 bits per heavy atom. The van der Waals surface area contributed by atoms with Crippen molar-refractivity contribution in [2.75, 3.05) is 0 Å². The molecule has 0 unspecified atom stereocenters. The predicted molar refractivity (Wildman–Crippen MR) is 98.5 cm³/mol. The van der Waals surface area contributed by atoms with Gasteiger partial charge in [0.05, 0.1) is 5.39 Å². The number of aromatic nitrogens is 6. The van der Waals surface area contributed by atoms with Crippen LogP contribution in [0.2, 0.25) is 0 Å². The third kappa shape index (κ3) is 2.77. The van der Waals surface area contributed by atoms with Crippen LogP contribution in [-0.4, -0.2) is 29.4 Å². The SMILES string of the molecule is CCCCc1nc2nn(CC)cc2c2nc(-c3ccc(C)cc3)nn12. The van der Waals surface area contributed by atoms with Crippen LogP contribution in [0, 0.1) is 6.92 Å². The molecule has 0 radical (unpaired) electrons. The first-order valence-corrected chi connectivity index (χ1v) is 8.89. The van der Waals surface area contributed by atoms with Crippen LogP contribution in [0.15, 0.2) is 30.5 Å². The normalized spacial score (nSPS) is 11.6. The molecule has 0 amide bonds. The van der Waals surface area contributed by atoms with Crippen LogP contribution in [0.4, 0.5) is 0 Å². The summed E-state index contributed by atoms with van der Waals surface area (Å²) in [6.07, 6.45) is 5.07. The lowest BCUT2D eigenvalue weighted by Gasteiger charge is -2.02. The van der Waals surface area contributed by atoms with Gasteiger partial charge >= 0.3 is 0 Å². The van der Waals surface area contributed by atoms with Gasteiger partial charge in [-0.2, -0.15) is 9.61 Å². The maximum atomic E-state index is 4.82. The number of rotatable bonds is 5. The van der Waals surface area contributed by atoms with E-state index in [9.17, 15) is 0 Å². The van der Waals surface area contributed by atoms with E-state index < -0.39 is 0 Å². The van der Waals surface area contributed by atoms with Crippen LogP contribution >= 0.6 is 0 Å². The van der Waals surface area contributed by atoms with Crippen LogP contribution in [0.1, 0.15) is 38.1 Å². The van der Waals surface area contributed by atoms with E-state index in [2.05, 4.69) is 50.1 Å². The van der Waals surface area contributed by atoms with Crippen molar-refractivity contribution >= 4 is 16.7 Å². The second-order valence-electron chi connectivity index (χ2n) is 6.39. The molecule has 0 fully saturated rings. The smallest absolute Gasteiger partial charge is 0.186 e. The Morgan fingerprint density at radius 3 is 2.52 bits per heavy atom. The fraction of sp³-hybridized carbons (Fsp3) is 0.368. The topological polar surface area (TPSA) is 60.9 Å². The van der Waals surface area contributed by atoms with Crippen LogP contribution in [0.3, 0.4) is 0 Å². The molecular formula is C19H22N6. The number of fused-ring (bicyclic) bond motifs is 3. The molecule has 6 nitrogen and oxygen atoms in total. The van der Waals surface area contributed by atoms with Crippen molar-refractivity contribution in [3.05, 3.63) is 41.9 Å². The third-order valence-corrected chi connectivity index (χ3v) is 4.46. The minimum atomic E-state index is 0.733. The van der Waals surface area contributed by atoms with Gasteiger partial charge < -0.3 is 0 Å². The zero-order valence-corrected chi connectivity index (χ0v) is 14.9. The lowest BCUT2D eigenvalue weighted by Crippen LogP contribution is -2.03. The van der Waals surface area contributed by atoms with Crippen LogP contribution in [0.5, 0.6) is 0 Å². The van der Waals surface area contributed by atoms with E-state index in [0.29, 0.717) is 0 Å². The van der Waals surface area contributed by atoms with Gasteiger partial charge in [0.15, 0.2) is 17.1 Å². The number of benzene rings is 1. The maximum Gasteiger partial charge on any atom is 0.186 e. The molecule has 25 heavy (non-hydrogen) atoms. The molecule has 0 bridgehead atoms. The number of hydrogen-bond acceptors (Lipinski definition) is 4. The molecule has 128 valence electrons. The largest absolute Gasteiger partial charge is 0.270 e. The third-order valence-electron chi connectivity index (χ3n) is 4.46. The standard InChI is InChI=1S/C19H22N6/c1-4-6-7-16-20-18-15(12-24(5-2)22-18)19-21-17(23-25(16)19)14-10-8-13(3)9-11-14/h8-12H,4-7H2,1-3H3. The first kappa shape index (κ1) is 15.7. The van der Waals surface area contributed by atoms with Gasteiger partial charge in [0, 0.05) is 24.7 Å². The highest BCUT2D eigenvalue weighted by molar-refractivity contribution is 5.89. The van der Waals surface area contributed by atoms with E-state index in [1.54, 1.807) is 0 Å². The summed E-state index contributed by atoms with van der Waals surface area (Å²) >= 11 is 0. The molecule has 3 aromatic heterocycles. The van der Waals surface area contributed by atoms with Gasteiger partial charge in [0.2, 0.25) is 0 Å². The average Bonchev–Trinajstić information content (AvgIpc) is 3.24. The molecule has 0 atom stereocenters. The summed E-state index contributed by atoms with van der Waals surface area (Å²) in [5, 5.41) is 10.3. The Bertz CT molecular complexity index is 1030. The summed E-state index contributed by atoms with van der Waals surface area (Å²) in [5.74, 6) is 1.66. The highest BCUT2D eigenvalue weighted by Gasteiger charge is 2.16. The fourth-order valence-electron chi connectivity index (χ4n) is 2.97. The Kier molecular flexibility index (Phi) is 3.95. The Hall–Kier alpha value is -2.76. The van der Waals surface area contributed by atoms with Crippen molar-refractivity contribution in [2.24, 2.45) is 0 Å². The van der Waals surface area contributed by atoms with E-state index in [0.717, 1.165) is 59.7 Å². The van der Waals surface area contributed by atoms with Crippen molar-refractivity contribution < 1.29 is 0 Å². The Morgan fingerprint density at radius 1 is 1.00 bits per heavy atom. The summed E-state index contributed by atoms with van der Waals surface area (Å²) in [4.78, 5) is 9.57. The molecule has 4 rings (SSSR count). The van der Waals surface area contributed by atoms with Crippen molar-refractivity contribution in [2.45, 2.75) is 46.6 Å². The van der Waals surface area contributed by atoms with E-state index in [-0.39, 0.29) is 0 Å². The van der Waals surface area contributed by atoms with Crippen LogP contribution in [-0.2, 0) is 13.0 Å². The number of hydrogen-bond donors (Lipinski definition) is 0. The first-order chi connectivity index (χ1) is 12.2. The quantitative estimate of drug-likeness (QED) is 0.557. The van der Waals surface area contributed by atoms with E-state index in [4.69, 9.17) is 15.1 Å². The van der Waals surface area contributed by atoms with E-state index in [1.165, 1.54) is 5.56 Å². The summed E-state index contributed by atoms with van der Waals surface area (Å²) < 4.78 is 3.80. The minimum Gasteiger partial charge on any atom is -0.270 e. The molecular weight excluding hydrogens is 312 g/mol. The number of unbranched alkanes of at least 4 members (excludes halogenated alkanes) is 1. The van der Waals surface area contributed by atoms with Gasteiger partial charge in [-0.1, -0.05) is 43.2 Å². The van der Waals surface area contributed by atoms with Gasteiger partial charge in [-0.3, -0.25) is 4.68 Å². The lowest BCUT2D eigenvalue weighted by molar-refractivity contribution is 0.663. The molecule has 0 aliphatic carbocycles. The second kappa shape index (κ2) is 6.27. The van der Waals surface area contributed by atoms with Gasteiger partial charge in [0.25, 0.3) is 0 Å². The summed E-state index contributed by atoms with van der Waals surface area (Å²) in [6, 6.07) is 8.30. The zero-order valence-electron chi connectivity index (χ0n) is 14.9. The van der Waals surface area contributed by atoms with Gasteiger partial charge in [-0.15, -0.1) is 5.10 Å².